The number of hydrogen-bond acceptors (Lipinski definition) is 2. The van der Waals surface area contributed by atoms with E-state index < -0.39 is 5.82 Å². The van der Waals surface area contributed by atoms with Gasteiger partial charge in [-0.25, -0.2) is 4.39 Å². The van der Waals surface area contributed by atoms with Gasteiger partial charge in [-0.2, -0.15) is 5.10 Å². The normalized spacial score (nSPS) is 19.9. The molecule has 1 heterocycles. The monoisotopic (exact) mass is 335 g/mol. The van der Waals surface area contributed by atoms with Crippen molar-refractivity contribution >= 4 is 23.2 Å². The van der Waals surface area contributed by atoms with Crippen LogP contribution in [0.4, 0.5) is 10.1 Å². The van der Waals surface area contributed by atoms with Gasteiger partial charge in [-0.3, -0.25) is 9.48 Å². The molecule has 0 radical (unpaired) electrons. The van der Waals surface area contributed by atoms with E-state index in [2.05, 4.69) is 5.10 Å². The summed E-state index contributed by atoms with van der Waals surface area (Å²) in [5.41, 5.74) is 1.64. The van der Waals surface area contributed by atoms with Gasteiger partial charge < -0.3 is 4.90 Å². The summed E-state index contributed by atoms with van der Waals surface area (Å²) >= 11 is 6.15. The lowest BCUT2D eigenvalue weighted by Gasteiger charge is -2.28. The Labute approximate surface area is 139 Å². The number of anilines is 1. The third kappa shape index (κ3) is 3.11. The van der Waals surface area contributed by atoms with Gasteiger partial charge in [-0.05, 0) is 49.9 Å². The van der Waals surface area contributed by atoms with Gasteiger partial charge in [-0.15, -0.1) is 0 Å². The minimum atomic E-state index is -0.408. The fourth-order valence-corrected chi connectivity index (χ4v) is 3.23. The lowest BCUT2D eigenvalue weighted by atomic mass is 10.1. The summed E-state index contributed by atoms with van der Waals surface area (Å²) in [5.74, 6) is -0.240. The second kappa shape index (κ2) is 5.96. The summed E-state index contributed by atoms with van der Waals surface area (Å²) in [7, 11) is 1.86. The van der Waals surface area contributed by atoms with Crippen LogP contribution in [0, 0.1) is 11.7 Å². The van der Waals surface area contributed by atoms with Gasteiger partial charge in [0.1, 0.15) is 5.82 Å². The average Bonchev–Trinajstić information content (AvgIpc) is 3.16. The van der Waals surface area contributed by atoms with Crippen molar-refractivity contribution in [2.45, 2.75) is 32.2 Å². The number of carbonyl (C=O) groups is 1. The number of halogens is 2. The molecule has 0 spiro atoms. The molecule has 1 amide bonds. The molecule has 23 heavy (non-hydrogen) atoms. The first kappa shape index (κ1) is 16.0. The summed E-state index contributed by atoms with van der Waals surface area (Å²) < 4.78 is 15.0. The fraction of sp³-hybridized carbons (Fsp3) is 0.412. The van der Waals surface area contributed by atoms with Crippen LogP contribution in [0.1, 0.15) is 31.7 Å². The molecule has 1 aromatic carbocycles. The maximum atomic E-state index is 13.3. The van der Waals surface area contributed by atoms with Gasteiger partial charge in [0, 0.05) is 25.2 Å². The zero-order valence-electron chi connectivity index (χ0n) is 13.3. The number of aryl methyl sites for hydroxylation is 1. The Kier molecular flexibility index (Phi) is 4.15. The van der Waals surface area contributed by atoms with E-state index in [9.17, 15) is 9.18 Å². The van der Waals surface area contributed by atoms with E-state index in [0.717, 1.165) is 12.0 Å². The lowest BCUT2D eigenvalue weighted by molar-refractivity contribution is -0.120. The summed E-state index contributed by atoms with van der Waals surface area (Å²) in [6.45, 7) is 3.86. The fourth-order valence-electron chi connectivity index (χ4n) is 2.97. The van der Waals surface area contributed by atoms with E-state index in [1.54, 1.807) is 15.6 Å². The van der Waals surface area contributed by atoms with Gasteiger partial charge in [-0.1, -0.05) is 11.6 Å². The van der Waals surface area contributed by atoms with Crippen LogP contribution in [-0.2, 0) is 11.8 Å². The third-order valence-corrected chi connectivity index (χ3v) is 4.49. The van der Waals surface area contributed by atoms with E-state index in [4.69, 9.17) is 11.6 Å². The number of aromatic nitrogens is 2. The molecule has 0 aliphatic heterocycles. The minimum absolute atomic E-state index is 0.0300. The SMILES string of the molecule is CC(C)N(C(=O)[C@H]1C[C@@H]1c1cnn(C)c1)c1ccc(F)cc1Cl. The highest BCUT2D eigenvalue weighted by Gasteiger charge is 2.47. The topological polar surface area (TPSA) is 38.1 Å². The van der Waals surface area contributed by atoms with Gasteiger partial charge >= 0.3 is 0 Å². The van der Waals surface area contributed by atoms with Crippen LogP contribution in [0.5, 0.6) is 0 Å². The second-order valence-electron chi connectivity index (χ2n) is 6.29. The zero-order chi connectivity index (χ0) is 16.7. The largest absolute Gasteiger partial charge is 0.308 e. The van der Waals surface area contributed by atoms with Gasteiger partial charge in [0.25, 0.3) is 0 Å². The first-order valence-corrected chi connectivity index (χ1v) is 8.03. The quantitative estimate of drug-likeness (QED) is 0.853. The Morgan fingerprint density at radius 3 is 2.78 bits per heavy atom. The highest BCUT2D eigenvalue weighted by molar-refractivity contribution is 6.33. The minimum Gasteiger partial charge on any atom is -0.308 e. The van der Waals surface area contributed by atoms with Crippen LogP contribution in [0.2, 0.25) is 5.02 Å². The smallest absolute Gasteiger partial charge is 0.231 e. The molecule has 2 aromatic rings. The molecule has 4 nitrogen and oxygen atoms in total. The van der Waals surface area contributed by atoms with Crippen molar-refractivity contribution < 1.29 is 9.18 Å². The van der Waals surface area contributed by atoms with Crippen LogP contribution in [-0.4, -0.2) is 21.7 Å². The summed E-state index contributed by atoms with van der Waals surface area (Å²) in [6.07, 6.45) is 4.57. The van der Waals surface area contributed by atoms with Gasteiger partial charge in [0.2, 0.25) is 5.91 Å². The summed E-state index contributed by atoms with van der Waals surface area (Å²) in [4.78, 5) is 14.6. The van der Waals surface area contributed by atoms with Crippen molar-refractivity contribution in [3.63, 3.8) is 0 Å². The Bertz CT molecular complexity index is 743. The van der Waals surface area contributed by atoms with E-state index in [1.807, 2.05) is 33.3 Å². The Morgan fingerprint density at radius 1 is 1.48 bits per heavy atom. The maximum Gasteiger partial charge on any atom is 0.231 e. The molecule has 0 N–H and O–H groups in total. The lowest BCUT2D eigenvalue weighted by Crippen LogP contribution is -2.38. The molecule has 1 aromatic heterocycles. The zero-order valence-corrected chi connectivity index (χ0v) is 14.1. The number of benzene rings is 1. The Morgan fingerprint density at radius 2 is 2.22 bits per heavy atom. The highest BCUT2D eigenvalue weighted by Crippen LogP contribution is 2.49. The van der Waals surface area contributed by atoms with Crippen LogP contribution in [0.15, 0.2) is 30.6 Å². The second-order valence-corrected chi connectivity index (χ2v) is 6.70. The molecule has 1 fully saturated rings. The van der Waals surface area contributed by atoms with Crippen molar-refractivity contribution in [2.75, 3.05) is 4.90 Å². The predicted octanol–water partition coefficient (Wildman–Crippen LogP) is 3.76. The number of carbonyl (C=O) groups excluding carboxylic acids is 1. The highest BCUT2D eigenvalue weighted by atomic mass is 35.5. The molecule has 1 aliphatic rings. The van der Waals surface area contributed by atoms with Crippen LogP contribution < -0.4 is 4.90 Å². The van der Waals surface area contributed by atoms with E-state index in [0.29, 0.717) is 5.69 Å². The standard InChI is InChI=1S/C17H19ClFN3O/c1-10(2)22(16-5-4-12(19)6-15(16)18)17(23)14-7-13(14)11-8-20-21(3)9-11/h4-6,8-10,13-14H,7H2,1-3H3/t13-,14+/m1/s1. The molecule has 6 heteroatoms. The molecule has 0 saturated heterocycles. The van der Waals surface area contributed by atoms with Gasteiger partial charge in [0.15, 0.2) is 0 Å². The third-order valence-electron chi connectivity index (χ3n) is 4.18. The van der Waals surface area contributed by atoms with Crippen molar-refractivity contribution in [2.24, 2.45) is 13.0 Å². The predicted molar refractivity (Wildman–Crippen MR) is 88.1 cm³/mol. The van der Waals surface area contributed by atoms with Crippen molar-refractivity contribution in [3.8, 4) is 0 Å². The average molecular weight is 336 g/mol. The van der Waals surface area contributed by atoms with Crippen molar-refractivity contribution in [1.82, 2.24) is 9.78 Å². The molecule has 2 atom stereocenters. The molecule has 122 valence electrons. The Balaban J connectivity index is 1.83. The molecular formula is C17H19ClFN3O. The van der Waals surface area contributed by atoms with Crippen LogP contribution in [0.3, 0.4) is 0 Å². The number of rotatable bonds is 4. The van der Waals surface area contributed by atoms with E-state index in [1.165, 1.54) is 12.1 Å². The molecule has 1 saturated carbocycles. The molecule has 0 unspecified atom stereocenters. The molecular weight excluding hydrogens is 317 g/mol. The van der Waals surface area contributed by atoms with Crippen LogP contribution in [0.25, 0.3) is 0 Å². The molecule has 1 aliphatic carbocycles. The first-order chi connectivity index (χ1) is 10.9. The van der Waals surface area contributed by atoms with Crippen molar-refractivity contribution in [1.29, 1.82) is 0 Å². The summed E-state index contributed by atoms with van der Waals surface area (Å²) in [6, 6.07) is 4.08. The number of nitrogens with zero attached hydrogens (tertiary/aromatic N) is 3. The molecule has 3 rings (SSSR count). The van der Waals surface area contributed by atoms with E-state index >= 15 is 0 Å². The van der Waals surface area contributed by atoms with Crippen molar-refractivity contribution in [3.05, 3.63) is 47.0 Å². The molecule has 0 bridgehead atoms. The number of amides is 1. The number of hydrogen-bond donors (Lipinski definition) is 0. The summed E-state index contributed by atoms with van der Waals surface area (Å²) in [5, 5.41) is 4.42. The first-order valence-electron chi connectivity index (χ1n) is 7.65. The maximum absolute atomic E-state index is 13.3. The van der Waals surface area contributed by atoms with E-state index in [-0.39, 0.29) is 28.8 Å². The van der Waals surface area contributed by atoms with Crippen LogP contribution >= 0.6 is 11.6 Å². The van der Waals surface area contributed by atoms with Gasteiger partial charge in [0.05, 0.1) is 16.9 Å². The Hall–Kier alpha value is -1.88.